The minimum atomic E-state index is -3.76. The molecule has 0 radical (unpaired) electrons. The maximum absolute atomic E-state index is 12.9. The Hall–Kier alpha value is -3.27. The van der Waals surface area contributed by atoms with Crippen LogP contribution in [-0.4, -0.2) is 41.3 Å². The van der Waals surface area contributed by atoms with Gasteiger partial charge in [-0.15, -0.1) is 0 Å². The average molecular weight is 498 g/mol. The standard InChI is InChI=1S/C25H31N5O4S/c1-15(2)23-22-20(17-10-12-18(13-11-17)26-16(3)31)14-21(25(32)29-35(4,33)34)27-24(22)30(28-23)19-8-6-5-7-9-19/h10-15,19H,5-9H2,1-4H3,(H,26,31)(H,29,32). The van der Waals surface area contributed by atoms with Crippen LogP contribution in [0.1, 0.15) is 81.0 Å². The van der Waals surface area contributed by atoms with Crippen molar-refractivity contribution in [2.24, 2.45) is 0 Å². The zero-order chi connectivity index (χ0) is 25.3. The molecular formula is C25H31N5O4S. The first kappa shape index (κ1) is 24.8. The van der Waals surface area contributed by atoms with Gasteiger partial charge in [-0.3, -0.25) is 9.59 Å². The molecule has 1 aliphatic rings. The molecule has 0 saturated heterocycles. The number of nitrogens with one attached hydrogen (secondary N) is 2. The maximum Gasteiger partial charge on any atom is 0.283 e. The Labute approximate surface area is 205 Å². The van der Waals surface area contributed by atoms with Gasteiger partial charge in [-0.25, -0.2) is 22.8 Å². The molecule has 3 aromatic rings. The van der Waals surface area contributed by atoms with Gasteiger partial charge in [0.25, 0.3) is 5.91 Å². The number of nitrogens with zero attached hydrogens (tertiary/aromatic N) is 3. The van der Waals surface area contributed by atoms with E-state index in [1.54, 1.807) is 18.2 Å². The third-order valence-corrected chi connectivity index (χ3v) is 6.74. The molecule has 0 bridgehead atoms. The van der Waals surface area contributed by atoms with E-state index < -0.39 is 15.9 Å². The number of pyridine rings is 1. The lowest BCUT2D eigenvalue weighted by Gasteiger charge is -2.22. The summed E-state index contributed by atoms with van der Waals surface area (Å²) in [6, 6.07) is 9.10. The van der Waals surface area contributed by atoms with Gasteiger partial charge in [0.2, 0.25) is 15.9 Å². The van der Waals surface area contributed by atoms with E-state index in [2.05, 4.69) is 24.1 Å². The average Bonchev–Trinajstić information content (AvgIpc) is 3.18. The maximum atomic E-state index is 12.9. The van der Waals surface area contributed by atoms with Crippen LogP contribution in [0, 0.1) is 0 Å². The predicted octanol–water partition coefficient (Wildman–Crippen LogP) is 4.37. The Bertz CT molecular complexity index is 1370. The first-order valence-electron chi connectivity index (χ1n) is 11.9. The van der Waals surface area contributed by atoms with E-state index in [-0.39, 0.29) is 23.6 Å². The Balaban J connectivity index is 1.95. The van der Waals surface area contributed by atoms with Gasteiger partial charge in [-0.05, 0) is 48.1 Å². The molecule has 1 fully saturated rings. The van der Waals surface area contributed by atoms with Crippen LogP contribution in [0.3, 0.4) is 0 Å². The number of carbonyl (C=O) groups is 2. The molecule has 186 valence electrons. The lowest BCUT2D eigenvalue weighted by Crippen LogP contribution is -2.30. The highest BCUT2D eigenvalue weighted by Gasteiger charge is 2.27. The second-order valence-corrected chi connectivity index (χ2v) is 11.2. The molecule has 4 rings (SSSR count). The minimum Gasteiger partial charge on any atom is -0.326 e. The highest BCUT2D eigenvalue weighted by atomic mass is 32.2. The quantitative estimate of drug-likeness (QED) is 0.521. The largest absolute Gasteiger partial charge is 0.326 e. The topological polar surface area (TPSA) is 123 Å². The Kier molecular flexibility index (Phi) is 6.93. The van der Waals surface area contributed by atoms with E-state index >= 15 is 0 Å². The van der Waals surface area contributed by atoms with Gasteiger partial charge in [-0.1, -0.05) is 45.2 Å². The van der Waals surface area contributed by atoms with E-state index in [1.807, 2.05) is 21.5 Å². The first-order valence-corrected chi connectivity index (χ1v) is 13.8. The number of benzene rings is 1. The molecule has 2 heterocycles. The number of aromatic nitrogens is 3. The Morgan fingerprint density at radius 2 is 1.74 bits per heavy atom. The van der Waals surface area contributed by atoms with Crippen molar-refractivity contribution < 1.29 is 18.0 Å². The van der Waals surface area contributed by atoms with E-state index in [0.717, 1.165) is 54.1 Å². The molecule has 1 aliphatic carbocycles. The molecular weight excluding hydrogens is 466 g/mol. The predicted molar refractivity (Wildman–Crippen MR) is 136 cm³/mol. The molecule has 35 heavy (non-hydrogen) atoms. The van der Waals surface area contributed by atoms with Gasteiger partial charge in [-0.2, -0.15) is 5.10 Å². The van der Waals surface area contributed by atoms with Gasteiger partial charge in [0, 0.05) is 12.6 Å². The van der Waals surface area contributed by atoms with Crippen molar-refractivity contribution in [3.8, 4) is 11.1 Å². The molecule has 0 unspecified atom stereocenters. The van der Waals surface area contributed by atoms with E-state index in [0.29, 0.717) is 11.3 Å². The van der Waals surface area contributed by atoms with Crippen molar-refractivity contribution >= 4 is 38.6 Å². The zero-order valence-electron chi connectivity index (χ0n) is 20.5. The third kappa shape index (κ3) is 5.53. The third-order valence-electron chi connectivity index (χ3n) is 6.18. The molecule has 2 aromatic heterocycles. The van der Waals surface area contributed by atoms with Crippen LogP contribution in [0.15, 0.2) is 30.3 Å². The van der Waals surface area contributed by atoms with E-state index in [9.17, 15) is 18.0 Å². The summed E-state index contributed by atoms with van der Waals surface area (Å²) in [6.07, 6.45) is 6.30. The van der Waals surface area contributed by atoms with Gasteiger partial charge < -0.3 is 5.32 Å². The van der Waals surface area contributed by atoms with Crippen molar-refractivity contribution in [1.29, 1.82) is 0 Å². The summed E-state index contributed by atoms with van der Waals surface area (Å²) in [4.78, 5) is 28.9. The number of anilines is 1. The SMILES string of the molecule is CC(=O)Nc1ccc(-c2cc(C(=O)NS(C)(=O)=O)nc3c2c(C(C)C)nn3C2CCCCC2)cc1. The molecule has 1 aromatic carbocycles. The molecule has 2 N–H and O–H groups in total. The number of rotatable bonds is 6. The summed E-state index contributed by atoms with van der Waals surface area (Å²) in [5.74, 6) is -0.843. The first-order chi connectivity index (χ1) is 16.5. The number of fused-ring (bicyclic) bond motifs is 1. The summed E-state index contributed by atoms with van der Waals surface area (Å²) in [7, 11) is -3.76. The van der Waals surface area contributed by atoms with E-state index in [1.165, 1.54) is 13.3 Å². The van der Waals surface area contributed by atoms with Crippen molar-refractivity contribution in [3.05, 3.63) is 41.7 Å². The molecule has 0 spiro atoms. The van der Waals surface area contributed by atoms with Crippen LogP contribution < -0.4 is 10.0 Å². The van der Waals surface area contributed by atoms with Crippen molar-refractivity contribution in [1.82, 2.24) is 19.5 Å². The Morgan fingerprint density at radius 1 is 1.09 bits per heavy atom. The molecule has 0 aliphatic heterocycles. The van der Waals surface area contributed by atoms with Gasteiger partial charge >= 0.3 is 0 Å². The van der Waals surface area contributed by atoms with Gasteiger partial charge in [0.1, 0.15) is 5.69 Å². The summed E-state index contributed by atoms with van der Waals surface area (Å²) in [5.41, 5.74) is 3.69. The minimum absolute atomic E-state index is 0.0103. The normalized spacial score (nSPS) is 14.9. The second kappa shape index (κ2) is 9.77. The van der Waals surface area contributed by atoms with Crippen LogP contribution >= 0.6 is 0 Å². The van der Waals surface area contributed by atoms with Crippen LogP contribution in [0.2, 0.25) is 0 Å². The molecule has 2 amide bonds. The van der Waals surface area contributed by atoms with Gasteiger partial charge in [0.15, 0.2) is 5.65 Å². The lowest BCUT2D eigenvalue weighted by atomic mass is 9.95. The monoisotopic (exact) mass is 497 g/mol. The summed E-state index contributed by atoms with van der Waals surface area (Å²) in [5, 5.41) is 8.59. The van der Waals surface area contributed by atoms with E-state index in [4.69, 9.17) is 5.10 Å². The highest BCUT2D eigenvalue weighted by molar-refractivity contribution is 7.89. The summed E-state index contributed by atoms with van der Waals surface area (Å²) in [6.45, 7) is 5.59. The fraction of sp³-hybridized carbons (Fsp3) is 0.440. The Morgan fingerprint density at radius 3 is 2.31 bits per heavy atom. The highest BCUT2D eigenvalue weighted by Crippen LogP contribution is 2.38. The second-order valence-electron chi connectivity index (χ2n) is 9.49. The van der Waals surface area contributed by atoms with Crippen LogP contribution in [0.5, 0.6) is 0 Å². The molecule has 9 nitrogen and oxygen atoms in total. The number of sulfonamides is 1. The van der Waals surface area contributed by atoms with Crippen molar-refractivity contribution in [2.45, 2.75) is 64.8 Å². The lowest BCUT2D eigenvalue weighted by molar-refractivity contribution is -0.114. The number of carbonyl (C=O) groups excluding carboxylic acids is 2. The van der Waals surface area contributed by atoms with Crippen LogP contribution in [-0.2, 0) is 14.8 Å². The fourth-order valence-electron chi connectivity index (χ4n) is 4.65. The summed E-state index contributed by atoms with van der Waals surface area (Å²) < 4.78 is 27.5. The van der Waals surface area contributed by atoms with Crippen molar-refractivity contribution in [2.75, 3.05) is 11.6 Å². The molecule has 1 saturated carbocycles. The van der Waals surface area contributed by atoms with Crippen LogP contribution in [0.25, 0.3) is 22.2 Å². The summed E-state index contributed by atoms with van der Waals surface area (Å²) >= 11 is 0. The smallest absolute Gasteiger partial charge is 0.283 e. The fourth-order valence-corrected chi connectivity index (χ4v) is 5.09. The van der Waals surface area contributed by atoms with Crippen molar-refractivity contribution in [3.63, 3.8) is 0 Å². The molecule has 10 heteroatoms. The number of hydrogen-bond acceptors (Lipinski definition) is 6. The number of amides is 2. The molecule has 0 atom stereocenters. The van der Waals surface area contributed by atoms with Gasteiger partial charge in [0.05, 0.1) is 23.4 Å². The zero-order valence-corrected chi connectivity index (χ0v) is 21.3. The number of hydrogen-bond donors (Lipinski definition) is 2. The van der Waals surface area contributed by atoms with Crippen LogP contribution in [0.4, 0.5) is 5.69 Å².